The lowest BCUT2D eigenvalue weighted by Crippen LogP contribution is -1.91. The van der Waals surface area contributed by atoms with Gasteiger partial charge in [0.25, 0.3) is 0 Å². The molecule has 0 aliphatic rings. The first-order valence-corrected chi connectivity index (χ1v) is 6.20. The maximum atomic E-state index is 13.8. The zero-order valence-corrected chi connectivity index (χ0v) is 10.6. The van der Waals surface area contributed by atoms with Crippen LogP contribution in [0.5, 0.6) is 0 Å². The third-order valence-corrected chi connectivity index (χ3v) is 3.10. The van der Waals surface area contributed by atoms with Gasteiger partial charge in [0.2, 0.25) is 0 Å². The van der Waals surface area contributed by atoms with Gasteiger partial charge in [0.15, 0.2) is 0 Å². The summed E-state index contributed by atoms with van der Waals surface area (Å²) in [5.41, 5.74) is 2.17. The van der Waals surface area contributed by atoms with Crippen molar-refractivity contribution < 1.29 is 8.78 Å². The van der Waals surface area contributed by atoms with Crippen LogP contribution >= 0.6 is 0 Å². The van der Waals surface area contributed by atoms with Crippen molar-refractivity contribution in [2.45, 2.75) is 0 Å². The number of benzene rings is 2. The van der Waals surface area contributed by atoms with E-state index >= 15 is 0 Å². The molecule has 0 saturated heterocycles. The van der Waals surface area contributed by atoms with Gasteiger partial charge in [-0.05, 0) is 23.8 Å². The highest BCUT2D eigenvalue weighted by Gasteiger charge is 2.11. The largest absolute Gasteiger partial charge is 0.263 e. The lowest BCUT2D eigenvalue weighted by Gasteiger charge is -2.07. The Balaban J connectivity index is 2.13. The van der Waals surface area contributed by atoms with Crippen LogP contribution in [0.2, 0.25) is 0 Å². The predicted octanol–water partition coefficient (Wildman–Crippen LogP) is 4.69. The van der Waals surface area contributed by atoms with Crippen molar-refractivity contribution in [1.82, 2.24) is 4.98 Å². The summed E-state index contributed by atoms with van der Waals surface area (Å²) in [6.07, 6.45) is 3.14. The quantitative estimate of drug-likeness (QED) is 0.656. The van der Waals surface area contributed by atoms with E-state index in [0.717, 1.165) is 11.1 Å². The summed E-state index contributed by atoms with van der Waals surface area (Å²) in [6, 6.07) is 15.2. The van der Waals surface area contributed by atoms with Crippen LogP contribution in [0, 0.1) is 11.6 Å². The molecule has 0 fully saturated rings. The average molecular weight is 267 g/mol. The summed E-state index contributed by atoms with van der Waals surface area (Å²) in [4.78, 5) is 4.09. The topological polar surface area (TPSA) is 12.9 Å². The minimum Gasteiger partial charge on any atom is -0.263 e. The van der Waals surface area contributed by atoms with E-state index in [1.807, 2.05) is 30.3 Å². The van der Waals surface area contributed by atoms with E-state index in [0.29, 0.717) is 5.56 Å². The third-order valence-electron chi connectivity index (χ3n) is 3.10. The van der Waals surface area contributed by atoms with Gasteiger partial charge < -0.3 is 0 Å². The summed E-state index contributed by atoms with van der Waals surface area (Å²) in [6.45, 7) is 0. The van der Waals surface area contributed by atoms with Crippen molar-refractivity contribution >= 4 is 0 Å². The Kier molecular flexibility index (Phi) is 3.25. The maximum Gasteiger partial charge on any atom is 0.134 e. The van der Waals surface area contributed by atoms with Crippen LogP contribution in [0.3, 0.4) is 0 Å². The molecule has 1 nitrogen and oxygen atoms in total. The Labute approximate surface area is 115 Å². The second kappa shape index (κ2) is 5.21. The highest BCUT2D eigenvalue weighted by Crippen LogP contribution is 2.28. The number of rotatable bonds is 2. The fraction of sp³-hybridized carbons (Fsp3) is 0. The number of hydrogen-bond acceptors (Lipinski definition) is 1. The molecule has 1 aromatic heterocycles. The van der Waals surface area contributed by atoms with Gasteiger partial charge in [-0.15, -0.1) is 0 Å². The van der Waals surface area contributed by atoms with Crippen LogP contribution in [0.4, 0.5) is 8.78 Å². The number of nitrogens with zero attached hydrogens (tertiary/aromatic N) is 1. The van der Waals surface area contributed by atoms with Crippen molar-refractivity contribution in [3.05, 3.63) is 78.6 Å². The van der Waals surface area contributed by atoms with Crippen LogP contribution in [0.1, 0.15) is 0 Å². The number of pyridine rings is 1. The summed E-state index contributed by atoms with van der Waals surface area (Å²) >= 11 is 0. The molecule has 0 unspecified atom stereocenters. The van der Waals surface area contributed by atoms with E-state index in [1.54, 1.807) is 12.3 Å². The van der Waals surface area contributed by atoms with E-state index in [-0.39, 0.29) is 5.56 Å². The smallest absolute Gasteiger partial charge is 0.134 e. The predicted molar refractivity (Wildman–Crippen MR) is 75.0 cm³/mol. The fourth-order valence-corrected chi connectivity index (χ4v) is 2.14. The summed E-state index contributed by atoms with van der Waals surface area (Å²) < 4.78 is 27.6. The van der Waals surface area contributed by atoms with E-state index in [4.69, 9.17) is 0 Å². The monoisotopic (exact) mass is 267 g/mol. The summed E-state index contributed by atoms with van der Waals surface area (Å²) in [7, 11) is 0. The van der Waals surface area contributed by atoms with Crippen LogP contribution in [-0.4, -0.2) is 4.98 Å². The van der Waals surface area contributed by atoms with Crippen molar-refractivity contribution in [3.63, 3.8) is 0 Å². The summed E-state index contributed by atoms with van der Waals surface area (Å²) in [5.74, 6) is -1.17. The van der Waals surface area contributed by atoms with Gasteiger partial charge >= 0.3 is 0 Å². The van der Waals surface area contributed by atoms with Crippen molar-refractivity contribution in [2.75, 3.05) is 0 Å². The molecule has 0 atom stereocenters. The molecule has 0 aliphatic heterocycles. The third kappa shape index (κ3) is 2.30. The molecule has 3 aromatic rings. The van der Waals surface area contributed by atoms with Crippen LogP contribution in [0.25, 0.3) is 22.3 Å². The molecule has 1 heterocycles. The van der Waals surface area contributed by atoms with Crippen LogP contribution in [-0.2, 0) is 0 Å². The molecule has 98 valence electrons. The first-order chi connectivity index (χ1) is 9.75. The van der Waals surface area contributed by atoms with Gasteiger partial charge in [-0.2, -0.15) is 0 Å². The zero-order valence-electron chi connectivity index (χ0n) is 10.6. The highest BCUT2D eigenvalue weighted by molar-refractivity contribution is 5.72. The number of hydrogen-bond donors (Lipinski definition) is 0. The molecule has 3 rings (SSSR count). The van der Waals surface area contributed by atoms with Gasteiger partial charge in [0.1, 0.15) is 11.6 Å². The first kappa shape index (κ1) is 12.5. The minimum atomic E-state index is -0.586. The van der Waals surface area contributed by atoms with Crippen molar-refractivity contribution in [2.24, 2.45) is 0 Å². The molecule has 2 aromatic carbocycles. The first-order valence-electron chi connectivity index (χ1n) is 6.20. The standard InChI is InChI=1S/C17H11F2N/c18-15-7-4-8-16(19)17(15)14-9-13(10-20-11-14)12-5-2-1-3-6-12/h1-11H. The molecule has 0 saturated carbocycles. The van der Waals surface area contributed by atoms with E-state index in [2.05, 4.69) is 4.98 Å². The van der Waals surface area contributed by atoms with Gasteiger partial charge in [-0.25, -0.2) is 8.78 Å². The molecular weight excluding hydrogens is 256 g/mol. The van der Waals surface area contributed by atoms with Gasteiger partial charge in [0.05, 0.1) is 5.56 Å². The lowest BCUT2D eigenvalue weighted by atomic mass is 10.0. The Hall–Kier alpha value is -2.55. The Morgan fingerprint density at radius 3 is 2.00 bits per heavy atom. The molecular formula is C17H11F2N. The molecule has 0 spiro atoms. The van der Waals surface area contributed by atoms with Gasteiger partial charge in [0, 0.05) is 23.5 Å². The Morgan fingerprint density at radius 2 is 1.30 bits per heavy atom. The maximum absolute atomic E-state index is 13.8. The molecule has 0 aliphatic carbocycles. The van der Waals surface area contributed by atoms with Crippen LogP contribution in [0.15, 0.2) is 67.0 Å². The minimum absolute atomic E-state index is 0.0437. The van der Waals surface area contributed by atoms with E-state index in [1.165, 1.54) is 24.4 Å². The van der Waals surface area contributed by atoms with Crippen molar-refractivity contribution in [3.8, 4) is 22.3 Å². The molecule has 0 bridgehead atoms. The molecule has 0 radical (unpaired) electrons. The second-order valence-corrected chi connectivity index (χ2v) is 4.42. The van der Waals surface area contributed by atoms with E-state index in [9.17, 15) is 8.78 Å². The normalized spacial score (nSPS) is 10.5. The SMILES string of the molecule is Fc1cccc(F)c1-c1cncc(-c2ccccc2)c1. The van der Waals surface area contributed by atoms with E-state index < -0.39 is 11.6 Å². The average Bonchev–Trinajstić information content (AvgIpc) is 2.48. The Bertz CT molecular complexity index is 719. The van der Waals surface area contributed by atoms with Crippen LogP contribution < -0.4 is 0 Å². The zero-order chi connectivity index (χ0) is 13.9. The van der Waals surface area contributed by atoms with Gasteiger partial charge in [-0.3, -0.25) is 4.98 Å². The Morgan fingerprint density at radius 1 is 0.650 bits per heavy atom. The lowest BCUT2D eigenvalue weighted by molar-refractivity contribution is 0.589. The molecule has 0 N–H and O–H groups in total. The molecule has 0 amide bonds. The number of aromatic nitrogens is 1. The summed E-state index contributed by atoms with van der Waals surface area (Å²) in [5, 5.41) is 0. The van der Waals surface area contributed by atoms with Gasteiger partial charge in [-0.1, -0.05) is 36.4 Å². The second-order valence-electron chi connectivity index (χ2n) is 4.42. The molecule has 20 heavy (non-hydrogen) atoms. The fourth-order valence-electron chi connectivity index (χ4n) is 2.14. The van der Waals surface area contributed by atoms with Crippen molar-refractivity contribution in [1.29, 1.82) is 0 Å². The highest BCUT2D eigenvalue weighted by atomic mass is 19.1. The number of halogens is 2. The molecule has 3 heteroatoms.